The lowest BCUT2D eigenvalue weighted by atomic mass is 10.2. The van der Waals surface area contributed by atoms with Gasteiger partial charge in [0.25, 0.3) is 10.0 Å². The lowest BCUT2D eigenvalue weighted by Gasteiger charge is -2.17. The van der Waals surface area contributed by atoms with E-state index < -0.39 is 26.8 Å². The number of nitrogens with zero attached hydrogens (tertiary/aromatic N) is 3. The van der Waals surface area contributed by atoms with Crippen LogP contribution in [0, 0.1) is 12.7 Å². The molecule has 0 fully saturated rings. The SMILES string of the molecule is Cc1nsc(N(C)S(=O)(=O)c2ncccc2F)c1C(=O)O. The normalized spacial score (nSPS) is 11.4. The first-order valence-corrected chi connectivity index (χ1v) is 7.77. The van der Waals surface area contributed by atoms with Gasteiger partial charge in [-0.1, -0.05) is 0 Å². The second-order valence-corrected chi connectivity index (χ2v) is 6.65. The van der Waals surface area contributed by atoms with Crippen LogP contribution in [0.5, 0.6) is 0 Å². The summed E-state index contributed by atoms with van der Waals surface area (Å²) in [6.07, 6.45) is 1.14. The van der Waals surface area contributed by atoms with Gasteiger partial charge in [-0.2, -0.15) is 12.8 Å². The van der Waals surface area contributed by atoms with E-state index in [1.54, 1.807) is 0 Å². The van der Waals surface area contributed by atoms with Crippen molar-refractivity contribution in [1.29, 1.82) is 0 Å². The highest BCUT2D eigenvalue weighted by Gasteiger charge is 2.31. The van der Waals surface area contributed by atoms with Crippen molar-refractivity contribution in [3.63, 3.8) is 0 Å². The van der Waals surface area contributed by atoms with Crippen LogP contribution >= 0.6 is 11.5 Å². The molecule has 0 unspecified atom stereocenters. The number of rotatable bonds is 4. The molecule has 7 nitrogen and oxygen atoms in total. The number of carboxylic acids is 1. The Labute approximate surface area is 123 Å². The lowest BCUT2D eigenvalue weighted by Crippen LogP contribution is -2.28. The Bertz CT molecular complexity index is 804. The smallest absolute Gasteiger partial charge is 0.340 e. The van der Waals surface area contributed by atoms with Crippen molar-refractivity contribution < 1.29 is 22.7 Å². The standard InChI is InChI=1S/C11H10FN3O4S2/c1-6-8(11(16)17)10(20-14-6)15(2)21(18,19)9-7(12)4-3-5-13-9/h3-5H,1-2H3,(H,16,17). The van der Waals surface area contributed by atoms with Gasteiger partial charge in [-0.05, 0) is 30.6 Å². The molecule has 0 saturated heterocycles. The van der Waals surface area contributed by atoms with E-state index in [4.69, 9.17) is 5.11 Å². The van der Waals surface area contributed by atoms with Gasteiger partial charge in [-0.15, -0.1) is 0 Å². The molecule has 2 heterocycles. The number of anilines is 1. The number of sulfonamides is 1. The van der Waals surface area contributed by atoms with Crippen molar-refractivity contribution in [3.05, 3.63) is 35.4 Å². The number of carboxylic acid groups (broad SMARTS) is 1. The Morgan fingerprint density at radius 1 is 1.48 bits per heavy atom. The maximum atomic E-state index is 13.6. The van der Waals surface area contributed by atoms with E-state index in [-0.39, 0.29) is 16.3 Å². The van der Waals surface area contributed by atoms with Gasteiger partial charge in [0.1, 0.15) is 10.6 Å². The van der Waals surface area contributed by atoms with Gasteiger partial charge < -0.3 is 5.11 Å². The third-order valence-electron chi connectivity index (χ3n) is 2.67. The summed E-state index contributed by atoms with van der Waals surface area (Å²) in [5.74, 6) is -2.32. The maximum Gasteiger partial charge on any atom is 0.340 e. The van der Waals surface area contributed by atoms with Crippen LogP contribution in [0.3, 0.4) is 0 Å². The minimum atomic E-state index is -4.31. The van der Waals surface area contributed by atoms with E-state index in [2.05, 4.69) is 9.36 Å². The molecule has 0 aromatic carbocycles. The number of aryl methyl sites for hydroxylation is 1. The van der Waals surface area contributed by atoms with E-state index in [1.807, 2.05) is 0 Å². The molecule has 2 rings (SSSR count). The average molecular weight is 331 g/mol. The number of pyridine rings is 1. The summed E-state index contributed by atoms with van der Waals surface area (Å²) in [5, 5.41) is 8.26. The fourth-order valence-electron chi connectivity index (χ4n) is 1.62. The minimum absolute atomic E-state index is 0.106. The highest BCUT2D eigenvalue weighted by molar-refractivity contribution is 7.92. The molecule has 1 N–H and O–H groups in total. The molecule has 0 amide bonds. The van der Waals surface area contributed by atoms with E-state index >= 15 is 0 Å². The van der Waals surface area contributed by atoms with Crippen molar-refractivity contribution in [2.45, 2.75) is 11.9 Å². The number of hydrogen-bond acceptors (Lipinski definition) is 6. The Morgan fingerprint density at radius 2 is 2.14 bits per heavy atom. The third kappa shape index (κ3) is 2.59. The van der Waals surface area contributed by atoms with Gasteiger partial charge in [-0.25, -0.2) is 14.2 Å². The molecule has 0 atom stereocenters. The molecule has 2 aromatic rings. The van der Waals surface area contributed by atoms with E-state index in [0.29, 0.717) is 15.8 Å². The van der Waals surface area contributed by atoms with Crippen molar-refractivity contribution in [1.82, 2.24) is 9.36 Å². The van der Waals surface area contributed by atoms with Gasteiger partial charge >= 0.3 is 5.97 Å². The predicted molar refractivity (Wildman–Crippen MR) is 73.6 cm³/mol. The summed E-state index contributed by atoms with van der Waals surface area (Å²) < 4.78 is 42.8. The van der Waals surface area contributed by atoms with Gasteiger partial charge in [0.05, 0.1) is 5.69 Å². The zero-order valence-electron chi connectivity index (χ0n) is 10.9. The number of halogens is 1. The molecule has 0 aliphatic heterocycles. The molecule has 0 radical (unpaired) electrons. The predicted octanol–water partition coefficient (Wildman–Crippen LogP) is 1.51. The van der Waals surface area contributed by atoms with Crippen molar-refractivity contribution in [2.24, 2.45) is 0 Å². The first-order chi connectivity index (χ1) is 9.76. The van der Waals surface area contributed by atoms with Crippen molar-refractivity contribution in [3.8, 4) is 0 Å². The van der Waals surface area contributed by atoms with E-state index in [9.17, 15) is 17.6 Å². The average Bonchev–Trinajstić information content (AvgIpc) is 2.80. The quantitative estimate of drug-likeness (QED) is 0.911. The minimum Gasteiger partial charge on any atom is -0.478 e. The Hall–Kier alpha value is -2.07. The van der Waals surface area contributed by atoms with Crippen molar-refractivity contribution in [2.75, 3.05) is 11.4 Å². The van der Waals surface area contributed by atoms with Crippen LogP contribution in [0.4, 0.5) is 9.39 Å². The number of carbonyl (C=O) groups is 1. The molecular formula is C11H10FN3O4S2. The molecule has 0 spiro atoms. The molecule has 10 heteroatoms. The summed E-state index contributed by atoms with van der Waals surface area (Å²) in [7, 11) is -3.18. The summed E-state index contributed by atoms with van der Waals surface area (Å²) in [6.45, 7) is 1.45. The van der Waals surface area contributed by atoms with Gasteiger partial charge in [-0.3, -0.25) is 4.31 Å². The second-order valence-electron chi connectivity index (χ2n) is 4.02. The zero-order chi connectivity index (χ0) is 15.8. The lowest BCUT2D eigenvalue weighted by molar-refractivity contribution is 0.0697. The largest absolute Gasteiger partial charge is 0.478 e. The van der Waals surface area contributed by atoms with Gasteiger partial charge in [0.2, 0.25) is 5.03 Å². The van der Waals surface area contributed by atoms with Crippen LogP contribution in [0.1, 0.15) is 16.1 Å². The first-order valence-electron chi connectivity index (χ1n) is 5.56. The highest BCUT2D eigenvalue weighted by Crippen LogP contribution is 2.31. The fraction of sp³-hybridized carbons (Fsp3) is 0.182. The van der Waals surface area contributed by atoms with Gasteiger partial charge in [0, 0.05) is 13.2 Å². The van der Waals surface area contributed by atoms with Crippen LogP contribution in [-0.4, -0.2) is 35.9 Å². The summed E-state index contributed by atoms with van der Waals surface area (Å²) in [6, 6.07) is 2.22. The summed E-state index contributed by atoms with van der Waals surface area (Å²) >= 11 is 0.706. The van der Waals surface area contributed by atoms with Crippen LogP contribution in [-0.2, 0) is 10.0 Å². The van der Waals surface area contributed by atoms with Crippen LogP contribution < -0.4 is 4.31 Å². The number of aromatic carboxylic acids is 1. The third-order valence-corrected chi connectivity index (χ3v) is 5.50. The Balaban J connectivity index is 2.57. The van der Waals surface area contributed by atoms with Crippen LogP contribution in [0.25, 0.3) is 0 Å². The highest BCUT2D eigenvalue weighted by atomic mass is 32.2. The molecular weight excluding hydrogens is 321 g/mol. The molecule has 112 valence electrons. The molecule has 0 aliphatic rings. The Kier molecular flexibility index (Phi) is 3.92. The monoisotopic (exact) mass is 331 g/mol. The van der Waals surface area contributed by atoms with Gasteiger partial charge in [0.15, 0.2) is 5.82 Å². The summed E-state index contributed by atoms with van der Waals surface area (Å²) in [4.78, 5) is 14.7. The van der Waals surface area contributed by atoms with Crippen LogP contribution in [0.2, 0.25) is 0 Å². The topological polar surface area (TPSA) is 100 Å². The zero-order valence-corrected chi connectivity index (χ0v) is 12.6. The van der Waals surface area contributed by atoms with E-state index in [0.717, 1.165) is 19.3 Å². The molecule has 0 aliphatic carbocycles. The first kappa shape index (κ1) is 15.3. The number of hydrogen-bond donors (Lipinski definition) is 1. The fourth-order valence-corrected chi connectivity index (χ4v) is 3.85. The Morgan fingerprint density at radius 3 is 2.71 bits per heavy atom. The molecule has 0 saturated carbocycles. The van der Waals surface area contributed by atoms with Crippen molar-refractivity contribution >= 4 is 32.5 Å². The summed E-state index contributed by atoms with van der Waals surface area (Å²) in [5.41, 5.74) is -0.0477. The molecule has 0 bridgehead atoms. The second kappa shape index (κ2) is 5.37. The van der Waals surface area contributed by atoms with E-state index in [1.165, 1.54) is 13.0 Å². The maximum absolute atomic E-state index is 13.6. The molecule has 21 heavy (non-hydrogen) atoms. The van der Waals surface area contributed by atoms with Crippen LogP contribution in [0.15, 0.2) is 23.4 Å². The number of aromatic nitrogens is 2. The molecule has 2 aromatic heterocycles.